The Balaban J connectivity index is 1.91. The van der Waals surface area contributed by atoms with Gasteiger partial charge >= 0.3 is 0 Å². The van der Waals surface area contributed by atoms with Crippen LogP contribution in [0.25, 0.3) is 16.3 Å². The minimum Gasteiger partial charge on any atom is -0.384 e. The Morgan fingerprint density at radius 3 is 3.22 bits per heavy atom. The van der Waals surface area contributed by atoms with E-state index in [9.17, 15) is 0 Å². The van der Waals surface area contributed by atoms with Crippen LogP contribution < -0.4 is 5.32 Å². The number of nitrogens with zero attached hydrogens (tertiary/aromatic N) is 4. The zero-order chi connectivity index (χ0) is 12.1. The second kappa shape index (κ2) is 3.52. The van der Waals surface area contributed by atoms with Crippen molar-refractivity contribution in [1.29, 1.82) is 0 Å². The van der Waals surface area contributed by atoms with Crippen molar-refractivity contribution in [1.82, 2.24) is 19.8 Å². The third-order valence-corrected chi connectivity index (χ3v) is 3.98. The molecule has 0 bridgehead atoms. The minimum absolute atomic E-state index is 0.823. The zero-order valence-electron chi connectivity index (χ0n) is 9.84. The summed E-state index contributed by atoms with van der Waals surface area (Å²) in [7, 11) is 0. The molecule has 3 heterocycles. The lowest BCUT2D eigenvalue weighted by Gasteiger charge is -2.02. The second-order valence-electron chi connectivity index (χ2n) is 4.39. The Kier molecular flexibility index (Phi) is 1.96. The number of aryl methyl sites for hydroxylation is 1. The van der Waals surface area contributed by atoms with Crippen LogP contribution >= 0.6 is 11.3 Å². The third kappa shape index (κ3) is 1.35. The summed E-state index contributed by atoms with van der Waals surface area (Å²) in [6.45, 7) is 3.00. The first kappa shape index (κ1) is 10.0. The first-order valence-corrected chi connectivity index (χ1v) is 6.69. The predicted octanol–water partition coefficient (Wildman–Crippen LogP) is 2.13. The molecule has 0 unspecified atom stereocenters. The monoisotopic (exact) mass is 257 g/mol. The number of rotatable bonds is 1. The lowest BCUT2D eigenvalue weighted by Crippen LogP contribution is -1.92. The molecular formula is C12H11N5S. The zero-order valence-corrected chi connectivity index (χ0v) is 10.7. The van der Waals surface area contributed by atoms with Crippen molar-refractivity contribution >= 4 is 22.0 Å². The van der Waals surface area contributed by atoms with E-state index in [0.717, 1.165) is 34.3 Å². The van der Waals surface area contributed by atoms with Gasteiger partial charge in [-0.05, 0) is 37.1 Å². The van der Waals surface area contributed by atoms with Crippen molar-refractivity contribution in [2.75, 3.05) is 11.9 Å². The molecule has 0 spiro atoms. The van der Waals surface area contributed by atoms with Gasteiger partial charge in [-0.2, -0.15) is 9.61 Å². The van der Waals surface area contributed by atoms with Crippen LogP contribution in [0.2, 0.25) is 0 Å². The number of hydrogen-bond acceptors (Lipinski definition) is 5. The average Bonchev–Trinajstić information content (AvgIpc) is 3.01. The lowest BCUT2D eigenvalue weighted by molar-refractivity contribution is 0.940. The molecule has 1 aromatic carbocycles. The fourth-order valence-corrected chi connectivity index (χ4v) is 3.02. The molecule has 0 radical (unpaired) electrons. The summed E-state index contributed by atoms with van der Waals surface area (Å²) in [6.07, 6.45) is 1.07. The number of benzene rings is 1. The van der Waals surface area contributed by atoms with Gasteiger partial charge in [0.25, 0.3) is 0 Å². The van der Waals surface area contributed by atoms with E-state index in [4.69, 9.17) is 0 Å². The number of anilines is 1. The summed E-state index contributed by atoms with van der Waals surface area (Å²) in [5.41, 5.74) is 3.65. The van der Waals surface area contributed by atoms with Crippen LogP contribution in [0, 0.1) is 6.92 Å². The lowest BCUT2D eigenvalue weighted by atomic mass is 10.1. The number of fused-ring (bicyclic) bond motifs is 2. The van der Waals surface area contributed by atoms with Crippen LogP contribution in [-0.2, 0) is 6.42 Å². The Bertz CT molecular complexity index is 742. The molecule has 0 amide bonds. The third-order valence-electron chi connectivity index (χ3n) is 3.17. The second-order valence-corrected chi connectivity index (χ2v) is 5.55. The van der Waals surface area contributed by atoms with Gasteiger partial charge < -0.3 is 5.32 Å². The summed E-state index contributed by atoms with van der Waals surface area (Å²) in [5.74, 6) is 0.823. The molecule has 0 saturated heterocycles. The highest BCUT2D eigenvalue weighted by atomic mass is 32.1. The topological polar surface area (TPSA) is 55.1 Å². The highest BCUT2D eigenvalue weighted by Gasteiger charge is 2.15. The predicted molar refractivity (Wildman–Crippen MR) is 71.0 cm³/mol. The van der Waals surface area contributed by atoms with E-state index >= 15 is 0 Å². The van der Waals surface area contributed by atoms with Gasteiger partial charge in [0, 0.05) is 17.8 Å². The number of aromatic nitrogens is 4. The summed E-state index contributed by atoms with van der Waals surface area (Å²) in [6, 6.07) is 6.36. The van der Waals surface area contributed by atoms with Crippen molar-refractivity contribution in [2.45, 2.75) is 13.3 Å². The fraction of sp³-hybridized carbons (Fsp3) is 0.250. The molecule has 0 fully saturated rings. The van der Waals surface area contributed by atoms with Gasteiger partial charge in [-0.15, -0.1) is 10.2 Å². The van der Waals surface area contributed by atoms with E-state index in [1.54, 1.807) is 11.3 Å². The van der Waals surface area contributed by atoms with Gasteiger partial charge in [0.1, 0.15) is 5.01 Å². The van der Waals surface area contributed by atoms with E-state index in [0.29, 0.717) is 0 Å². The highest BCUT2D eigenvalue weighted by Crippen LogP contribution is 2.28. The molecule has 90 valence electrons. The van der Waals surface area contributed by atoms with Crippen LogP contribution in [0.1, 0.15) is 10.6 Å². The molecule has 0 aliphatic carbocycles. The maximum atomic E-state index is 4.44. The quantitative estimate of drug-likeness (QED) is 0.725. The molecule has 5 nitrogen and oxygen atoms in total. The van der Waals surface area contributed by atoms with E-state index in [1.807, 2.05) is 11.4 Å². The average molecular weight is 257 g/mol. The Labute approximate surface area is 107 Å². The number of nitrogens with one attached hydrogen (secondary N) is 1. The Morgan fingerprint density at radius 2 is 2.28 bits per heavy atom. The minimum atomic E-state index is 0.823. The molecule has 18 heavy (non-hydrogen) atoms. The standard InChI is InChI=1S/C12H11N5S/c1-7-16-17-11(14-15-12(17)18-7)9-2-3-10-8(6-9)4-5-13-10/h2-3,6,13H,4-5H2,1H3. The maximum absolute atomic E-state index is 4.44. The van der Waals surface area contributed by atoms with Crippen LogP contribution in [-0.4, -0.2) is 26.4 Å². The summed E-state index contributed by atoms with van der Waals surface area (Å²) >= 11 is 1.56. The van der Waals surface area contributed by atoms with Crippen molar-refractivity contribution in [3.63, 3.8) is 0 Å². The van der Waals surface area contributed by atoms with E-state index < -0.39 is 0 Å². The molecule has 4 rings (SSSR count). The van der Waals surface area contributed by atoms with Crippen molar-refractivity contribution in [3.8, 4) is 11.4 Å². The number of hydrogen-bond donors (Lipinski definition) is 1. The van der Waals surface area contributed by atoms with Crippen molar-refractivity contribution in [2.24, 2.45) is 0 Å². The van der Waals surface area contributed by atoms with Crippen LogP contribution in [0.4, 0.5) is 5.69 Å². The normalized spacial score (nSPS) is 13.8. The Morgan fingerprint density at radius 1 is 1.33 bits per heavy atom. The van der Waals surface area contributed by atoms with Crippen molar-refractivity contribution in [3.05, 3.63) is 28.8 Å². The first-order valence-electron chi connectivity index (χ1n) is 5.87. The molecule has 1 aliphatic rings. The summed E-state index contributed by atoms with van der Waals surface area (Å²) < 4.78 is 1.82. The molecule has 1 aliphatic heterocycles. The van der Waals surface area contributed by atoms with E-state index in [2.05, 4.69) is 38.8 Å². The van der Waals surface area contributed by atoms with Crippen LogP contribution in [0.3, 0.4) is 0 Å². The van der Waals surface area contributed by atoms with Gasteiger partial charge in [0.05, 0.1) is 0 Å². The fourth-order valence-electron chi connectivity index (χ4n) is 2.34. The molecule has 0 atom stereocenters. The smallest absolute Gasteiger partial charge is 0.234 e. The SMILES string of the molecule is Cc1nn2c(-c3ccc4c(c3)CCN4)nnc2s1. The Hall–Kier alpha value is -1.95. The van der Waals surface area contributed by atoms with E-state index in [1.165, 1.54) is 11.3 Å². The molecule has 1 N–H and O–H groups in total. The summed E-state index contributed by atoms with van der Waals surface area (Å²) in [4.78, 5) is 0.848. The summed E-state index contributed by atoms with van der Waals surface area (Å²) in [5, 5.41) is 17.2. The maximum Gasteiger partial charge on any atom is 0.234 e. The van der Waals surface area contributed by atoms with E-state index in [-0.39, 0.29) is 0 Å². The molecule has 2 aromatic heterocycles. The molecule has 0 saturated carbocycles. The van der Waals surface area contributed by atoms with Crippen LogP contribution in [0.15, 0.2) is 18.2 Å². The van der Waals surface area contributed by atoms with Gasteiger partial charge in [-0.25, -0.2) is 0 Å². The highest BCUT2D eigenvalue weighted by molar-refractivity contribution is 7.16. The molecular weight excluding hydrogens is 246 g/mol. The first-order chi connectivity index (χ1) is 8.81. The van der Waals surface area contributed by atoms with Crippen molar-refractivity contribution < 1.29 is 0 Å². The largest absolute Gasteiger partial charge is 0.384 e. The molecule has 6 heteroatoms. The van der Waals surface area contributed by atoms with Gasteiger partial charge in [0.15, 0.2) is 5.82 Å². The van der Waals surface area contributed by atoms with Crippen LogP contribution in [0.5, 0.6) is 0 Å². The molecule has 3 aromatic rings. The van der Waals surface area contributed by atoms with Gasteiger partial charge in [0.2, 0.25) is 4.96 Å². The van der Waals surface area contributed by atoms with Gasteiger partial charge in [-0.3, -0.25) is 0 Å². The van der Waals surface area contributed by atoms with Gasteiger partial charge in [-0.1, -0.05) is 11.3 Å².